The van der Waals surface area contributed by atoms with Crippen molar-refractivity contribution in [2.45, 2.75) is 44.6 Å². The normalized spacial score (nSPS) is 29.4. The fourth-order valence-electron chi connectivity index (χ4n) is 3.55. The highest BCUT2D eigenvalue weighted by Gasteiger charge is 2.43. The molecule has 5 nitrogen and oxygen atoms in total. The maximum Gasteiger partial charge on any atom is 0.229 e. The van der Waals surface area contributed by atoms with E-state index in [9.17, 15) is 9.90 Å². The molecule has 2 heterocycles. The summed E-state index contributed by atoms with van der Waals surface area (Å²) in [4.78, 5) is 14.6. The average molecular weight is 284 g/mol. The summed E-state index contributed by atoms with van der Waals surface area (Å²) in [6.07, 6.45) is 4.07. The largest absolute Gasteiger partial charge is 0.388 e. The van der Waals surface area contributed by atoms with E-state index in [1.807, 2.05) is 7.05 Å². The van der Waals surface area contributed by atoms with Gasteiger partial charge in [0.2, 0.25) is 5.91 Å². The molecule has 2 saturated heterocycles. The van der Waals surface area contributed by atoms with Crippen LogP contribution in [0.5, 0.6) is 0 Å². The molecule has 116 valence electrons. The van der Waals surface area contributed by atoms with Gasteiger partial charge in [0.25, 0.3) is 0 Å². The number of nitrogens with zero attached hydrogens (tertiary/aromatic N) is 1. The van der Waals surface area contributed by atoms with Crippen molar-refractivity contribution in [1.29, 1.82) is 0 Å². The zero-order valence-electron chi connectivity index (χ0n) is 12.8. The summed E-state index contributed by atoms with van der Waals surface area (Å²) in [5, 5.41) is 13.9. The number of nitrogens with one attached hydrogen (secondary N) is 1. The third kappa shape index (κ3) is 3.32. The molecule has 1 atom stereocenters. The van der Waals surface area contributed by atoms with Gasteiger partial charge in [0.1, 0.15) is 0 Å². The summed E-state index contributed by atoms with van der Waals surface area (Å²) in [6, 6.07) is 0. The van der Waals surface area contributed by atoms with E-state index in [2.05, 4.69) is 12.2 Å². The van der Waals surface area contributed by atoms with Crippen molar-refractivity contribution in [2.75, 3.05) is 39.9 Å². The molecular weight excluding hydrogens is 256 g/mol. The summed E-state index contributed by atoms with van der Waals surface area (Å²) in [7, 11) is 1.82. The first-order valence-corrected chi connectivity index (χ1v) is 7.78. The van der Waals surface area contributed by atoms with Crippen molar-refractivity contribution in [2.24, 2.45) is 5.41 Å². The molecule has 1 unspecified atom stereocenters. The fourth-order valence-corrected chi connectivity index (χ4v) is 3.55. The lowest BCUT2D eigenvalue weighted by molar-refractivity contribution is -0.146. The molecule has 1 amide bonds. The smallest absolute Gasteiger partial charge is 0.229 e. The molecule has 5 heteroatoms. The Kier molecular flexibility index (Phi) is 5.04. The summed E-state index contributed by atoms with van der Waals surface area (Å²) in [5.41, 5.74) is -1.03. The van der Waals surface area contributed by atoms with E-state index in [-0.39, 0.29) is 11.3 Å². The Morgan fingerprint density at radius 3 is 2.60 bits per heavy atom. The number of likely N-dealkylation sites (N-methyl/N-ethyl adjacent to an activating group) is 1. The SMILES string of the molecule is CCCC1(C(=O)N(C)CC2(O)CCOCC2)CCNC1. The first-order chi connectivity index (χ1) is 9.51. The molecule has 2 N–H and O–H groups in total. The van der Waals surface area contributed by atoms with E-state index in [1.165, 1.54) is 0 Å². The predicted molar refractivity (Wildman–Crippen MR) is 77.5 cm³/mol. The number of hydrogen-bond acceptors (Lipinski definition) is 4. The predicted octanol–water partition coefficient (Wildman–Crippen LogP) is 0.766. The molecule has 2 aliphatic heterocycles. The van der Waals surface area contributed by atoms with Crippen LogP contribution in [-0.4, -0.2) is 61.4 Å². The minimum absolute atomic E-state index is 0.185. The zero-order chi connectivity index (χ0) is 14.6. The van der Waals surface area contributed by atoms with Crippen LogP contribution in [0.15, 0.2) is 0 Å². The molecular formula is C15H28N2O3. The number of hydrogen-bond donors (Lipinski definition) is 2. The van der Waals surface area contributed by atoms with Gasteiger partial charge in [-0.05, 0) is 19.4 Å². The standard InChI is InChI=1S/C15H28N2O3/c1-3-4-14(5-8-16-11-14)13(18)17(2)12-15(19)6-9-20-10-7-15/h16,19H,3-12H2,1-2H3. The van der Waals surface area contributed by atoms with Crippen LogP contribution in [0.4, 0.5) is 0 Å². The molecule has 0 aliphatic carbocycles. The number of amides is 1. The van der Waals surface area contributed by atoms with Crippen LogP contribution in [0.2, 0.25) is 0 Å². The van der Waals surface area contributed by atoms with Gasteiger partial charge in [0.15, 0.2) is 0 Å². The van der Waals surface area contributed by atoms with Gasteiger partial charge in [-0.15, -0.1) is 0 Å². The van der Waals surface area contributed by atoms with Crippen LogP contribution < -0.4 is 5.32 Å². The lowest BCUT2D eigenvalue weighted by Gasteiger charge is -2.38. The van der Waals surface area contributed by atoms with Crippen LogP contribution in [0.25, 0.3) is 0 Å². The molecule has 2 rings (SSSR count). The summed E-state index contributed by atoms with van der Waals surface area (Å²) < 4.78 is 5.29. The molecule has 0 aromatic rings. The van der Waals surface area contributed by atoms with Gasteiger partial charge in [0, 0.05) is 46.2 Å². The second-order valence-corrected chi connectivity index (χ2v) is 6.46. The fraction of sp³-hybridized carbons (Fsp3) is 0.933. The Balaban J connectivity index is 1.99. The van der Waals surface area contributed by atoms with Crippen LogP contribution in [-0.2, 0) is 9.53 Å². The van der Waals surface area contributed by atoms with Crippen molar-refractivity contribution in [3.8, 4) is 0 Å². The Morgan fingerprint density at radius 2 is 2.05 bits per heavy atom. The number of rotatable bonds is 5. The highest BCUT2D eigenvalue weighted by atomic mass is 16.5. The van der Waals surface area contributed by atoms with E-state index < -0.39 is 5.60 Å². The third-order valence-corrected chi connectivity index (χ3v) is 4.73. The second kappa shape index (κ2) is 6.41. The molecule has 2 aliphatic rings. The molecule has 0 saturated carbocycles. The quantitative estimate of drug-likeness (QED) is 0.783. The summed E-state index contributed by atoms with van der Waals surface area (Å²) >= 11 is 0. The van der Waals surface area contributed by atoms with Gasteiger partial charge >= 0.3 is 0 Å². The first kappa shape index (κ1) is 15.7. The van der Waals surface area contributed by atoms with E-state index in [0.29, 0.717) is 32.6 Å². The van der Waals surface area contributed by atoms with Crippen molar-refractivity contribution in [3.63, 3.8) is 0 Å². The Morgan fingerprint density at radius 1 is 1.35 bits per heavy atom. The topological polar surface area (TPSA) is 61.8 Å². The number of ether oxygens (including phenoxy) is 1. The van der Waals surface area contributed by atoms with Crippen molar-refractivity contribution >= 4 is 5.91 Å². The minimum atomic E-state index is -0.776. The van der Waals surface area contributed by atoms with Gasteiger partial charge in [-0.3, -0.25) is 4.79 Å². The summed E-state index contributed by atoms with van der Waals surface area (Å²) in [6.45, 7) is 5.39. The minimum Gasteiger partial charge on any atom is -0.388 e. The lowest BCUT2D eigenvalue weighted by Crippen LogP contribution is -2.51. The van der Waals surface area contributed by atoms with Crippen LogP contribution in [0.1, 0.15) is 39.0 Å². The molecule has 2 fully saturated rings. The molecule has 0 bridgehead atoms. The Labute approximate surface area is 121 Å². The van der Waals surface area contributed by atoms with Gasteiger partial charge in [0.05, 0.1) is 11.0 Å². The van der Waals surface area contributed by atoms with Crippen molar-refractivity contribution in [3.05, 3.63) is 0 Å². The van der Waals surface area contributed by atoms with Gasteiger partial charge in [-0.2, -0.15) is 0 Å². The number of carbonyl (C=O) groups excluding carboxylic acids is 1. The monoisotopic (exact) mass is 284 g/mol. The zero-order valence-corrected chi connectivity index (χ0v) is 12.8. The molecule has 0 radical (unpaired) electrons. The van der Waals surface area contributed by atoms with Gasteiger partial charge in [-0.1, -0.05) is 13.3 Å². The number of carbonyl (C=O) groups is 1. The Bertz CT molecular complexity index is 334. The molecule has 20 heavy (non-hydrogen) atoms. The van der Waals surface area contributed by atoms with Gasteiger partial charge in [-0.25, -0.2) is 0 Å². The van der Waals surface area contributed by atoms with Crippen LogP contribution in [0, 0.1) is 5.41 Å². The lowest BCUT2D eigenvalue weighted by atomic mass is 9.80. The third-order valence-electron chi connectivity index (χ3n) is 4.73. The molecule has 0 aromatic heterocycles. The second-order valence-electron chi connectivity index (χ2n) is 6.46. The van der Waals surface area contributed by atoms with Crippen molar-refractivity contribution < 1.29 is 14.6 Å². The first-order valence-electron chi connectivity index (χ1n) is 7.78. The molecule has 0 spiro atoms. The van der Waals surface area contributed by atoms with E-state index in [4.69, 9.17) is 4.74 Å². The Hall–Kier alpha value is -0.650. The van der Waals surface area contributed by atoms with E-state index in [0.717, 1.165) is 32.4 Å². The van der Waals surface area contributed by atoms with Crippen LogP contribution >= 0.6 is 0 Å². The maximum absolute atomic E-state index is 12.8. The van der Waals surface area contributed by atoms with Crippen LogP contribution in [0.3, 0.4) is 0 Å². The summed E-state index contributed by atoms with van der Waals surface area (Å²) in [5.74, 6) is 0.185. The average Bonchev–Trinajstić information content (AvgIpc) is 2.88. The highest BCUT2D eigenvalue weighted by Crippen LogP contribution is 2.34. The van der Waals surface area contributed by atoms with E-state index >= 15 is 0 Å². The molecule has 0 aromatic carbocycles. The maximum atomic E-state index is 12.8. The highest BCUT2D eigenvalue weighted by molar-refractivity contribution is 5.83. The van der Waals surface area contributed by atoms with Gasteiger partial charge < -0.3 is 20.1 Å². The number of aliphatic hydroxyl groups is 1. The van der Waals surface area contributed by atoms with E-state index in [1.54, 1.807) is 4.90 Å². The van der Waals surface area contributed by atoms with Crippen molar-refractivity contribution in [1.82, 2.24) is 10.2 Å².